The Hall–Kier alpha value is -6.58. The molecule has 7 aromatic carbocycles. The Kier molecular flexibility index (Phi) is 7.14. The summed E-state index contributed by atoms with van der Waals surface area (Å²) in [5.74, 6) is 1.45. The molecule has 9 rings (SSSR count). The fourth-order valence-corrected chi connectivity index (χ4v) is 6.79. The zero-order chi connectivity index (χ0) is 32.6. The van der Waals surface area contributed by atoms with Crippen molar-refractivity contribution in [1.82, 2.24) is 9.97 Å². The van der Waals surface area contributed by atoms with Crippen molar-refractivity contribution >= 4 is 32.6 Å². The van der Waals surface area contributed by atoms with Gasteiger partial charge in [-0.05, 0) is 69.9 Å². The lowest BCUT2D eigenvalue weighted by Gasteiger charge is -2.19. The molecule has 0 aliphatic heterocycles. The van der Waals surface area contributed by atoms with Crippen LogP contribution < -0.4 is 4.74 Å². The molecule has 0 bridgehead atoms. The number of nitrogens with zero attached hydrogens (tertiary/aromatic N) is 2. The average Bonchev–Trinajstić information content (AvgIpc) is 3.18. The fourth-order valence-electron chi connectivity index (χ4n) is 6.79. The molecule has 0 unspecified atom stereocenters. The smallest absolute Gasteiger partial charge is 0.162 e. The zero-order valence-corrected chi connectivity index (χ0v) is 26.6. The summed E-state index contributed by atoms with van der Waals surface area (Å²) in [4.78, 5) is 10.3. The maximum atomic E-state index is 6.98. The summed E-state index contributed by atoms with van der Waals surface area (Å²) in [6.07, 6.45) is 0. The molecule has 9 aromatic rings. The number of hydrogen-bond acceptors (Lipinski definition) is 3. The first kappa shape index (κ1) is 28.6. The van der Waals surface area contributed by atoms with Gasteiger partial charge in [0.05, 0.1) is 16.7 Å². The van der Waals surface area contributed by atoms with Crippen molar-refractivity contribution in [3.05, 3.63) is 182 Å². The van der Waals surface area contributed by atoms with Crippen LogP contribution in [-0.4, -0.2) is 9.97 Å². The fraction of sp³-hybridized carbons (Fsp3) is 0. The summed E-state index contributed by atoms with van der Waals surface area (Å²) in [5.41, 5.74) is 10.1. The maximum Gasteiger partial charge on any atom is 0.162 e. The Morgan fingerprint density at radius 1 is 0.388 bits per heavy atom. The van der Waals surface area contributed by atoms with Crippen LogP contribution in [0, 0.1) is 0 Å². The van der Waals surface area contributed by atoms with Crippen molar-refractivity contribution < 1.29 is 4.74 Å². The minimum absolute atomic E-state index is 0.726. The van der Waals surface area contributed by atoms with Crippen LogP contribution in [0.5, 0.6) is 11.5 Å². The number of hydrogen-bond donors (Lipinski definition) is 0. The van der Waals surface area contributed by atoms with Gasteiger partial charge in [-0.1, -0.05) is 140 Å². The summed E-state index contributed by atoms with van der Waals surface area (Å²) in [6.45, 7) is 0. The van der Waals surface area contributed by atoms with Crippen LogP contribution in [0.2, 0.25) is 0 Å². The third-order valence-electron chi connectivity index (χ3n) is 9.13. The number of fused-ring (bicyclic) bond motifs is 3. The second-order valence-electron chi connectivity index (χ2n) is 12.1. The van der Waals surface area contributed by atoms with Gasteiger partial charge in [-0.2, -0.15) is 0 Å². The Balaban J connectivity index is 1.20. The van der Waals surface area contributed by atoms with Gasteiger partial charge in [0.25, 0.3) is 0 Å². The predicted molar refractivity (Wildman–Crippen MR) is 203 cm³/mol. The first-order valence-electron chi connectivity index (χ1n) is 16.5. The van der Waals surface area contributed by atoms with Crippen LogP contribution >= 0.6 is 0 Å². The highest BCUT2D eigenvalue weighted by Crippen LogP contribution is 2.46. The first-order chi connectivity index (χ1) is 24.3. The van der Waals surface area contributed by atoms with Gasteiger partial charge < -0.3 is 4.74 Å². The van der Waals surface area contributed by atoms with E-state index in [0.717, 1.165) is 83.3 Å². The van der Waals surface area contributed by atoms with Crippen LogP contribution in [0.15, 0.2) is 182 Å². The lowest BCUT2D eigenvalue weighted by molar-refractivity contribution is 0.485. The van der Waals surface area contributed by atoms with Gasteiger partial charge in [-0.15, -0.1) is 0 Å². The highest BCUT2D eigenvalue weighted by atomic mass is 16.5. The topological polar surface area (TPSA) is 35.0 Å². The van der Waals surface area contributed by atoms with Crippen LogP contribution in [-0.2, 0) is 0 Å². The van der Waals surface area contributed by atoms with E-state index in [0.29, 0.717) is 0 Å². The van der Waals surface area contributed by atoms with E-state index in [-0.39, 0.29) is 0 Å². The van der Waals surface area contributed by atoms with E-state index in [2.05, 4.69) is 146 Å². The van der Waals surface area contributed by atoms with Gasteiger partial charge in [0, 0.05) is 27.5 Å². The van der Waals surface area contributed by atoms with Crippen LogP contribution in [0.3, 0.4) is 0 Å². The highest BCUT2D eigenvalue weighted by molar-refractivity contribution is 6.05. The number of para-hydroxylation sites is 2. The minimum Gasteiger partial charge on any atom is -0.454 e. The third-order valence-corrected chi connectivity index (χ3v) is 9.13. The Bertz CT molecular complexity index is 2610. The van der Waals surface area contributed by atoms with Gasteiger partial charge in [-0.3, -0.25) is 0 Å². The van der Waals surface area contributed by atoms with Gasteiger partial charge in [0.15, 0.2) is 5.75 Å². The number of rotatable bonds is 6. The number of benzene rings is 7. The molecule has 0 amide bonds. The van der Waals surface area contributed by atoms with E-state index in [9.17, 15) is 0 Å². The molecule has 0 aliphatic rings. The molecular weight excluding hydrogens is 597 g/mol. The Morgan fingerprint density at radius 3 is 1.73 bits per heavy atom. The van der Waals surface area contributed by atoms with Gasteiger partial charge in [-0.25, -0.2) is 9.97 Å². The van der Waals surface area contributed by atoms with Crippen molar-refractivity contribution in [2.45, 2.75) is 0 Å². The van der Waals surface area contributed by atoms with E-state index >= 15 is 0 Å². The van der Waals surface area contributed by atoms with Crippen LogP contribution in [0.1, 0.15) is 0 Å². The molecule has 0 saturated carbocycles. The van der Waals surface area contributed by atoms with E-state index in [1.807, 2.05) is 36.4 Å². The molecule has 0 saturated heterocycles. The van der Waals surface area contributed by atoms with Crippen LogP contribution in [0.4, 0.5) is 0 Å². The second kappa shape index (κ2) is 12.2. The number of ether oxygens (including phenoxy) is 1. The molecule has 2 heterocycles. The molecule has 0 atom stereocenters. The van der Waals surface area contributed by atoms with Crippen molar-refractivity contribution in [2.75, 3.05) is 0 Å². The lowest BCUT2D eigenvalue weighted by Crippen LogP contribution is -1.98. The molecule has 0 N–H and O–H groups in total. The average molecular weight is 627 g/mol. The van der Waals surface area contributed by atoms with Gasteiger partial charge >= 0.3 is 0 Å². The van der Waals surface area contributed by atoms with Crippen LogP contribution in [0.25, 0.3) is 77.3 Å². The third kappa shape index (κ3) is 5.28. The molecule has 0 aliphatic carbocycles. The molecule has 0 radical (unpaired) electrons. The molecular formula is C46H30N2O. The summed E-state index contributed by atoms with van der Waals surface area (Å²) < 4.78 is 6.98. The quantitative estimate of drug-likeness (QED) is 0.184. The minimum atomic E-state index is 0.726. The summed E-state index contributed by atoms with van der Waals surface area (Å²) >= 11 is 0. The molecule has 0 spiro atoms. The number of pyridine rings is 2. The van der Waals surface area contributed by atoms with E-state index in [4.69, 9.17) is 14.7 Å². The SMILES string of the molecule is c1ccc(-c2cc(-c3ccc(Oc4c(-c5cccc6ccccc56)nc5ccccc5c4-c4ccccc4)cc3)nc3ccccc23)cc1. The second-order valence-corrected chi connectivity index (χ2v) is 12.1. The summed E-state index contributed by atoms with van der Waals surface area (Å²) in [6, 6.07) is 62.9. The standard InChI is InChI=1S/C46H30N2O/c1-3-14-32(15-4-1)40-30-43(47-41-24-11-9-21-37(40)41)33-26-28-35(29-27-33)49-46-44(34-17-5-2-6-18-34)39-22-10-12-25-42(39)48-45(46)38-23-13-19-31-16-7-8-20-36(31)38/h1-30H. The molecule has 49 heavy (non-hydrogen) atoms. The van der Waals surface area contributed by atoms with Crippen molar-refractivity contribution in [2.24, 2.45) is 0 Å². The maximum absolute atomic E-state index is 6.98. The van der Waals surface area contributed by atoms with Crippen molar-refractivity contribution in [3.63, 3.8) is 0 Å². The van der Waals surface area contributed by atoms with E-state index in [1.165, 1.54) is 5.56 Å². The highest BCUT2D eigenvalue weighted by Gasteiger charge is 2.22. The van der Waals surface area contributed by atoms with Crippen molar-refractivity contribution in [1.29, 1.82) is 0 Å². The van der Waals surface area contributed by atoms with E-state index < -0.39 is 0 Å². The monoisotopic (exact) mass is 626 g/mol. The number of aromatic nitrogens is 2. The molecule has 2 aromatic heterocycles. The molecule has 3 nitrogen and oxygen atoms in total. The van der Waals surface area contributed by atoms with Gasteiger partial charge in [0.2, 0.25) is 0 Å². The molecule has 230 valence electrons. The van der Waals surface area contributed by atoms with E-state index in [1.54, 1.807) is 0 Å². The van der Waals surface area contributed by atoms with Gasteiger partial charge in [0.1, 0.15) is 11.4 Å². The summed E-state index contributed by atoms with van der Waals surface area (Å²) in [7, 11) is 0. The van der Waals surface area contributed by atoms with Crippen molar-refractivity contribution in [3.8, 4) is 56.3 Å². The molecule has 3 heteroatoms. The predicted octanol–water partition coefficient (Wildman–Crippen LogP) is 12.4. The Morgan fingerprint density at radius 2 is 0.980 bits per heavy atom. The summed E-state index contributed by atoms with van der Waals surface area (Å²) in [5, 5.41) is 4.46. The first-order valence-corrected chi connectivity index (χ1v) is 16.5. The lowest BCUT2D eigenvalue weighted by atomic mass is 9.94. The molecule has 0 fully saturated rings. The largest absolute Gasteiger partial charge is 0.454 e. The normalized spacial score (nSPS) is 11.3. The Labute approximate surface area is 284 Å². The zero-order valence-electron chi connectivity index (χ0n) is 26.6.